The van der Waals surface area contributed by atoms with Crippen molar-refractivity contribution >= 4 is 11.6 Å². The Bertz CT molecular complexity index is 450. The summed E-state index contributed by atoms with van der Waals surface area (Å²) in [6, 6.07) is 6.08. The molecule has 0 aliphatic heterocycles. The van der Waals surface area contributed by atoms with Crippen LogP contribution in [0.25, 0.3) is 0 Å². The van der Waals surface area contributed by atoms with Gasteiger partial charge in [-0.1, -0.05) is 5.16 Å². The Hall–Kier alpha value is -2.37. The minimum Gasteiger partial charge on any atom is -0.508 e. The van der Waals surface area contributed by atoms with E-state index in [2.05, 4.69) is 20.3 Å². The van der Waals surface area contributed by atoms with Crippen LogP contribution >= 0.6 is 0 Å². The first kappa shape index (κ1) is 9.20. The van der Waals surface area contributed by atoms with Gasteiger partial charge in [0, 0.05) is 5.69 Å². The molecule has 0 aliphatic carbocycles. The lowest BCUT2D eigenvalue weighted by Gasteiger charge is -2.01. The van der Waals surface area contributed by atoms with Gasteiger partial charge < -0.3 is 10.4 Å². The van der Waals surface area contributed by atoms with E-state index in [1.165, 1.54) is 18.3 Å². The van der Waals surface area contributed by atoms with Crippen LogP contribution in [0.1, 0.15) is 10.5 Å². The molecule has 0 spiro atoms. The Kier molecular flexibility index (Phi) is 2.32. The Morgan fingerprint density at radius 2 is 2.07 bits per heavy atom. The van der Waals surface area contributed by atoms with Gasteiger partial charge in [-0.3, -0.25) is 4.79 Å². The average Bonchev–Trinajstić information content (AvgIpc) is 2.74. The standard InChI is InChI=1S/C9H7N3O3/c13-7-3-1-6(2-4-7)11-9(14)8-5-10-15-12-8/h1-5,13H,(H,11,14). The van der Waals surface area contributed by atoms with Gasteiger partial charge in [0.2, 0.25) is 0 Å². The Morgan fingerprint density at radius 1 is 1.33 bits per heavy atom. The predicted octanol–water partition coefficient (Wildman–Crippen LogP) is 1.03. The molecule has 1 amide bonds. The van der Waals surface area contributed by atoms with Crippen molar-refractivity contribution in [2.75, 3.05) is 5.32 Å². The van der Waals surface area contributed by atoms with Crippen LogP contribution in [0.2, 0.25) is 0 Å². The monoisotopic (exact) mass is 205 g/mol. The highest BCUT2D eigenvalue weighted by Crippen LogP contribution is 2.14. The first-order chi connectivity index (χ1) is 7.25. The molecule has 2 N–H and O–H groups in total. The van der Waals surface area contributed by atoms with Crippen LogP contribution in [0, 0.1) is 0 Å². The van der Waals surface area contributed by atoms with Crippen LogP contribution in [0.3, 0.4) is 0 Å². The molecule has 0 unspecified atom stereocenters. The summed E-state index contributed by atoms with van der Waals surface area (Å²) < 4.78 is 4.29. The van der Waals surface area contributed by atoms with Crippen LogP contribution in [0.15, 0.2) is 35.1 Å². The van der Waals surface area contributed by atoms with Crippen molar-refractivity contribution in [2.24, 2.45) is 0 Å². The third-order valence-electron chi connectivity index (χ3n) is 1.72. The van der Waals surface area contributed by atoms with Crippen LogP contribution in [0.4, 0.5) is 5.69 Å². The molecule has 1 heterocycles. The number of phenols is 1. The molecule has 0 fully saturated rings. The van der Waals surface area contributed by atoms with E-state index < -0.39 is 5.91 Å². The molecule has 1 aromatic carbocycles. The number of hydrogen-bond acceptors (Lipinski definition) is 5. The van der Waals surface area contributed by atoms with Gasteiger partial charge in [-0.2, -0.15) is 0 Å². The van der Waals surface area contributed by atoms with Gasteiger partial charge >= 0.3 is 0 Å². The molecule has 1 aromatic heterocycles. The van der Waals surface area contributed by atoms with E-state index in [0.29, 0.717) is 5.69 Å². The van der Waals surface area contributed by atoms with Crippen LogP contribution in [-0.4, -0.2) is 21.3 Å². The maximum absolute atomic E-state index is 11.4. The second-order valence-electron chi connectivity index (χ2n) is 2.79. The fraction of sp³-hybridized carbons (Fsp3) is 0. The van der Waals surface area contributed by atoms with Crippen molar-refractivity contribution in [2.45, 2.75) is 0 Å². The molecule has 0 radical (unpaired) electrons. The SMILES string of the molecule is O=C(Nc1ccc(O)cc1)c1cnon1. The lowest BCUT2D eigenvalue weighted by atomic mass is 10.3. The third-order valence-corrected chi connectivity index (χ3v) is 1.72. The van der Waals surface area contributed by atoms with Gasteiger partial charge in [0.25, 0.3) is 5.91 Å². The van der Waals surface area contributed by atoms with E-state index >= 15 is 0 Å². The van der Waals surface area contributed by atoms with Gasteiger partial charge in [0.05, 0.1) is 0 Å². The summed E-state index contributed by atoms with van der Waals surface area (Å²) in [6.45, 7) is 0. The molecular formula is C9H7N3O3. The summed E-state index contributed by atoms with van der Waals surface area (Å²) in [5.74, 6) is -0.280. The normalized spacial score (nSPS) is 9.87. The second kappa shape index (κ2) is 3.79. The molecule has 15 heavy (non-hydrogen) atoms. The summed E-state index contributed by atoms with van der Waals surface area (Å²) in [5.41, 5.74) is 0.656. The molecule has 6 nitrogen and oxygen atoms in total. The summed E-state index contributed by atoms with van der Waals surface area (Å²) >= 11 is 0. The summed E-state index contributed by atoms with van der Waals surface area (Å²) in [5, 5.41) is 18.3. The van der Waals surface area contributed by atoms with Crippen molar-refractivity contribution < 1.29 is 14.5 Å². The number of amides is 1. The van der Waals surface area contributed by atoms with Gasteiger partial charge in [0.1, 0.15) is 11.9 Å². The predicted molar refractivity (Wildman–Crippen MR) is 50.4 cm³/mol. The number of aromatic nitrogens is 2. The molecule has 0 saturated carbocycles. The average molecular weight is 205 g/mol. The quantitative estimate of drug-likeness (QED) is 0.715. The lowest BCUT2D eigenvalue weighted by Crippen LogP contribution is -2.11. The molecular weight excluding hydrogens is 198 g/mol. The summed E-state index contributed by atoms with van der Waals surface area (Å²) in [4.78, 5) is 11.4. The van der Waals surface area contributed by atoms with Gasteiger partial charge in [-0.05, 0) is 29.4 Å². The minimum absolute atomic E-state index is 0.100. The Labute approximate surface area is 84.5 Å². The number of carbonyl (C=O) groups is 1. The zero-order valence-corrected chi connectivity index (χ0v) is 7.54. The molecule has 0 bridgehead atoms. The zero-order chi connectivity index (χ0) is 10.7. The zero-order valence-electron chi connectivity index (χ0n) is 7.54. The van der Waals surface area contributed by atoms with Crippen molar-refractivity contribution in [3.8, 4) is 5.75 Å². The van der Waals surface area contributed by atoms with E-state index in [0.717, 1.165) is 0 Å². The maximum atomic E-state index is 11.4. The number of benzene rings is 1. The maximum Gasteiger partial charge on any atom is 0.279 e. The molecule has 6 heteroatoms. The molecule has 0 aliphatic rings. The van der Waals surface area contributed by atoms with Crippen molar-refractivity contribution in [1.29, 1.82) is 0 Å². The van der Waals surface area contributed by atoms with Crippen molar-refractivity contribution in [3.05, 3.63) is 36.2 Å². The van der Waals surface area contributed by atoms with E-state index in [1.807, 2.05) is 0 Å². The first-order valence-electron chi connectivity index (χ1n) is 4.13. The van der Waals surface area contributed by atoms with Crippen LogP contribution in [-0.2, 0) is 0 Å². The molecule has 2 rings (SSSR count). The fourth-order valence-electron chi connectivity index (χ4n) is 1.00. The van der Waals surface area contributed by atoms with Gasteiger partial charge in [-0.25, -0.2) is 4.63 Å². The summed E-state index contributed by atoms with van der Waals surface area (Å²) in [6.07, 6.45) is 1.22. The van der Waals surface area contributed by atoms with Crippen molar-refractivity contribution in [1.82, 2.24) is 10.3 Å². The highest BCUT2D eigenvalue weighted by atomic mass is 16.6. The smallest absolute Gasteiger partial charge is 0.279 e. The summed E-state index contributed by atoms with van der Waals surface area (Å²) in [7, 11) is 0. The number of anilines is 1. The van der Waals surface area contributed by atoms with E-state index in [1.54, 1.807) is 12.1 Å². The lowest BCUT2D eigenvalue weighted by molar-refractivity contribution is 0.101. The minimum atomic E-state index is -0.415. The number of nitrogens with zero attached hydrogens (tertiary/aromatic N) is 2. The van der Waals surface area contributed by atoms with Gasteiger partial charge in [0.15, 0.2) is 5.69 Å². The van der Waals surface area contributed by atoms with E-state index in [4.69, 9.17) is 5.11 Å². The van der Waals surface area contributed by atoms with Gasteiger partial charge in [-0.15, -0.1) is 0 Å². The number of carbonyl (C=O) groups excluding carboxylic acids is 1. The molecule has 0 atom stereocenters. The molecule has 2 aromatic rings. The van der Waals surface area contributed by atoms with E-state index in [-0.39, 0.29) is 11.4 Å². The fourth-order valence-corrected chi connectivity index (χ4v) is 1.00. The van der Waals surface area contributed by atoms with E-state index in [9.17, 15) is 4.79 Å². The van der Waals surface area contributed by atoms with Crippen LogP contribution < -0.4 is 5.32 Å². The molecule has 0 saturated heterocycles. The largest absolute Gasteiger partial charge is 0.508 e. The number of aromatic hydroxyl groups is 1. The van der Waals surface area contributed by atoms with Crippen LogP contribution in [0.5, 0.6) is 5.75 Å². The van der Waals surface area contributed by atoms with Crippen molar-refractivity contribution in [3.63, 3.8) is 0 Å². The highest BCUT2D eigenvalue weighted by molar-refractivity contribution is 6.02. The topological polar surface area (TPSA) is 88.2 Å². The number of hydrogen-bond donors (Lipinski definition) is 2. The Balaban J connectivity index is 2.09. The highest BCUT2D eigenvalue weighted by Gasteiger charge is 2.09. The Morgan fingerprint density at radius 3 is 2.67 bits per heavy atom. The third kappa shape index (κ3) is 2.11. The number of rotatable bonds is 2. The first-order valence-corrected chi connectivity index (χ1v) is 4.13. The number of nitrogens with one attached hydrogen (secondary N) is 1. The molecule has 76 valence electrons. The number of phenolic OH excluding ortho intramolecular Hbond substituents is 1. The second-order valence-corrected chi connectivity index (χ2v) is 2.79.